The first kappa shape index (κ1) is 24.3. The zero-order valence-electron chi connectivity index (χ0n) is 19.6. The number of aliphatic hydroxyl groups is 1. The molecule has 0 fully saturated rings. The Kier molecular flexibility index (Phi) is 5.68. The Morgan fingerprint density at radius 1 is 1.27 bits per heavy atom. The Bertz CT molecular complexity index is 1580. The molecule has 2 amide bonds. The number of nitrogens with two attached hydrogens (primary N) is 1. The maximum atomic E-state index is 14.8. The molecule has 0 saturated carbocycles. The monoisotopic (exact) mass is 511 g/mol. The van der Waals surface area contributed by atoms with Crippen LogP contribution in [0.5, 0.6) is 0 Å². The number of cyclic esters (lactones) is 1. The minimum absolute atomic E-state index is 0.0106. The average molecular weight is 511 g/mol. The summed E-state index contributed by atoms with van der Waals surface area (Å²) in [6.45, 7) is 0.726. The van der Waals surface area contributed by atoms with Crippen molar-refractivity contribution in [3.8, 4) is 11.4 Å². The van der Waals surface area contributed by atoms with Crippen LogP contribution in [-0.4, -0.2) is 44.3 Å². The third-order valence-corrected chi connectivity index (χ3v) is 6.77. The fraction of sp³-hybridized carbons (Fsp3) is 0.292. The first-order chi connectivity index (χ1) is 17.6. The number of aromatic nitrogens is 2. The number of nitrogens with zero attached hydrogens (tertiary/aromatic N) is 2. The van der Waals surface area contributed by atoms with Crippen LogP contribution in [0.3, 0.4) is 0 Å². The zero-order valence-corrected chi connectivity index (χ0v) is 19.6. The third kappa shape index (κ3) is 3.70. The van der Waals surface area contributed by atoms with E-state index in [2.05, 4.69) is 15.6 Å². The van der Waals surface area contributed by atoms with Crippen molar-refractivity contribution in [3.63, 3.8) is 0 Å². The number of amides is 2. The summed E-state index contributed by atoms with van der Waals surface area (Å²) in [5, 5.41) is 25.3. The van der Waals surface area contributed by atoms with Crippen molar-refractivity contribution >= 4 is 34.6 Å². The van der Waals surface area contributed by atoms with Crippen LogP contribution in [0.2, 0.25) is 0 Å². The van der Waals surface area contributed by atoms with E-state index < -0.39 is 34.9 Å². The van der Waals surface area contributed by atoms with Crippen molar-refractivity contribution in [1.82, 2.24) is 14.9 Å². The van der Waals surface area contributed by atoms with Crippen LogP contribution in [0.25, 0.3) is 22.3 Å². The highest BCUT2D eigenvalue weighted by molar-refractivity contribution is 5.97. The van der Waals surface area contributed by atoms with Gasteiger partial charge in [-0.15, -0.1) is 0 Å². The minimum atomic E-state index is -2.02. The molecule has 0 spiro atoms. The van der Waals surface area contributed by atoms with Gasteiger partial charge in [-0.25, -0.2) is 19.0 Å². The molecule has 1 atom stereocenters. The second kappa shape index (κ2) is 8.64. The number of hydrogen-bond acceptors (Lipinski definition) is 8. The van der Waals surface area contributed by atoms with Gasteiger partial charge in [0.2, 0.25) is 5.91 Å². The van der Waals surface area contributed by atoms with Gasteiger partial charge in [0.1, 0.15) is 12.4 Å². The van der Waals surface area contributed by atoms with Gasteiger partial charge in [0.15, 0.2) is 5.60 Å². The Morgan fingerprint density at radius 3 is 2.70 bits per heavy atom. The van der Waals surface area contributed by atoms with Gasteiger partial charge in [0.05, 0.1) is 41.2 Å². The standard InChI is InChI=1S/C24H22FN5O7/c1-2-24(36)14-4-18-20-12(8-30(18)21(32)13(14)9-37-22(24)33)11(7-27-23(34)35)10-3-17(28-19(31)6-26)15(25)5-16(10)29-20/h3-5,27,36H,2,6-9,26H2,1H3,(H,28,31)(H,34,35)/t24-/m0/s1. The predicted molar refractivity (Wildman–Crippen MR) is 127 cm³/mol. The summed E-state index contributed by atoms with van der Waals surface area (Å²) in [7, 11) is 0. The van der Waals surface area contributed by atoms with Gasteiger partial charge in [-0.1, -0.05) is 6.92 Å². The lowest BCUT2D eigenvalue weighted by Gasteiger charge is -2.31. The number of carboxylic acid groups (broad SMARTS) is 1. The number of ether oxygens (including phenoxy) is 1. The molecule has 37 heavy (non-hydrogen) atoms. The predicted octanol–water partition coefficient (Wildman–Crippen LogP) is 0.883. The summed E-state index contributed by atoms with van der Waals surface area (Å²) < 4.78 is 21.3. The molecule has 1 aromatic carbocycles. The molecule has 4 heterocycles. The van der Waals surface area contributed by atoms with E-state index in [0.29, 0.717) is 22.2 Å². The molecule has 5 rings (SSSR count). The van der Waals surface area contributed by atoms with Crippen LogP contribution >= 0.6 is 0 Å². The number of carbonyl (C=O) groups is 3. The number of rotatable bonds is 5. The van der Waals surface area contributed by atoms with Gasteiger partial charge in [-0.3, -0.25) is 9.59 Å². The van der Waals surface area contributed by atoms with Crippen molar-refractivity contribution in [2.75, 3.05) is 11.9 Å². The largest absolute Gasteiger partial charge is 0.465 e. The fourth-order valence-electron chi connectivity index (χ4n) is 4.85. The number of fused-ring (bicyclic) bond motifs is 5. The Morgan fingerprint density at radius 2 is 2.03 bits per heavy atom. The van der Waals surface area contributed by atoms with Gasteiger partial charge in [0, 0.05) is 29.1 Å². The summed E-state index contributed by atoms with van der Waals surface area (Å²) in [6, 6.07) is 3.93. The van der Waals surface area contributed by atoms with Crippen LogP contribution in [-0.2, 0) is 39.6 Å². The van der Waals surface area contributed by atoms with E-state index in [1.807, 2.05) is 0 Å². The van der Waals surface area contributed by atoms with Crippen LogP contribution in [0.1, 0.15) is 35.6 Å². The van der Waals surface area contributed by atoms with Crippen LogP contribution in [0.15, 0.2) is 23.0 Å². The summed E-state index contributed by atoms with van der Waals surface area (Å²) >= 11 is 0. The average Bonchev–Trinajstić information content (AvgIpc) is 3.23. The minimum Gasteiger partial charge on any atom is -0.465 e. The van der Waals surface area contributed by atoms with E-state index in [-0.39, 0.29) is 60.7 Å². The van der Waals surface area contributed by atoms with Gasteiger partial charge in [-0.05, 0) is 24.1 Å². The molecule has 2 aliphatic heterocycles. The van der Waals surface area contributed by atoms with E-state index in [9.17, 15) is 33.8 Å². The van der Waals surface area contributed by atoms with E-state index in [0.717, 1.165) is 6.07 Å². The lowest BCUT2D eigenvalue weighted by Crippen LogP contribution is -2.44. The van der Waals surface area contributed by atoms with E-state index in [1.54, 1.807) is 6.92 Å². The van der Waals surface area contributed by atoms with E-state index in [1.165, 1.54) is 16.7 Å². The second-order valence-electron chi connectivity index (χ2n) is 8.78. The summed E-state index contributed by atoms with van der Waals surface area (Å²) in [5.41, 5.74) is 4.54. The number of pyridine rings is 2. The SMILES string of the molecule is CC[C@@]1(O)C(=O)OCc2c1cc1n(c2=O)Cc2c-1nc1cc(F)c(NC(=O)CN)cc1c2CNC(=O)O. The van der Waals surface area contributed by atoms with Gasteiger partial charge < -0.3 is 35.9 Å². The van der Waals surface area contributed by atoms with Crippen molar-refractivity contribution in [2.24, 2.45) is 5.73 Å². The molecule has 2 aliphatic rings. The Balaban J connectivity index is 1.77. The molecule has 0 aliphatic carbocycles. The number of anilines is 1. The van der Waals surface area contributed by atoms with Crippen molar-refractivity contribution < 1.29 is 33.7 Å². The number of carbonyl (C=O) groups excluding carboxylic acids is 2. The van der Waals surface area contributed by atoms with Crippen LogP contribution in [0, 0.1) is 5.82 Å². The second-order valence-corrected chi connectivity index (χ2v) is 8.78. The third-order valence-electron chi connectivity index (χ3n) is 6.77. The first-order valence-electron chi connectivity index (χ1n) is 11.4. The highest BCUT2D eigenvalue weighted by atomic mass is 19.1. The molecule has 0 bridgehead atoms. The van der Waals surface area contributed by atoms with E-state index in [4.69, 9.17) is 10.5 Å². The number of hydrogen-bond donors (Lipinski definition) is 5. The van der Waals surface area contributed by atoms with Gasteiger partial charge in [-0.2, -0.15) is 0 Å². The molecule has 192 valence electrons. The van der Waals surface area contributed by atoms with Crippen molar-refractivity contribution in [1.29, 1.82) is 0 Å². The van der Waals surface area contributed by atoms with Gasteiger partial charge >= 0.3 is 12.1 Å². The molecule has 13 heteroatoms. The molecule has 2 aromatic heterocycles. The number of nitrogens with one attached hydrogen (secondary N) is 2. The molecular formula is C24H22FN5O7. The molecule has 0 radical (unpaired) electrons. The summed E-state index contributed by atoms with van der Waals surface area (Å²) in [5.74, 6) is -2.28. The molecule has 6 N–H and O–H groups in total. The maximum Gasteiger partial charge on any atom is 0.404 e. The van der Waals surface area contributed by atoms with Crippen molar-refractivity contribution in [3.05, 3.63) is 56.6 Å². The lowest BCUT2D eigenvalue weighted by molar-refractivity contribution is -0.172. The fourth-order valence-corrected chi connectivity index (χ4v) is 4.85. The maximum absolute atomic E-state index is 14.8. The highest BCUT2D eigenvalue weighted by Crippen LogP contribution is 2.40. The van der Waals surface area contributed by atoms with Gasteiger partial charge in [0.25, 0.3) is 5.56 Å². The lowest BCUT2D eigenvalue weighted by atomic mass is 9.86. The first-order valence-corrected chi connectivity index (χ1v) is 11.4. The van der Waals surface area contributed by atoms with Crippen molar-refractivity contribution in [2.45, 2.75) is 38.6 Å². The molecule has 0 unspecified atom stereocenters. The van der Waals surface area contributed by atoms with Crippen LogP contribution < -0.4 is 21.9 Å². The van der Waals surface area contributed by atoms with Crippen LogP contribution in [0.4, 0.5) is 14.9 Å². The summed E-state index contributed by atoms with van der Waals surface area (Å²) in [6.07, 6.45) is -1.33. The number of halogens is 1. The Hall–Kier alpha value is -4.36. The summed E-state index contributed by atoms with van der Waals surface area (Å²) in [4.78, 5) is 53.4. The smallest absolute Gasteiger partial charge is 0.404 e. The molecular weight excluding hydrogens is 489 g/mol. The quantitative estimate of drug-likeness (QED) is 0.243. The zero-order chi connectivity index (χ0) is 26.6. The molecule has 12 nitrogen and oxygen atoms in total. The number of esters is 1. The Labute approximate surface area is 207 Å². The molecule has 0 saturated heterocycles. The van der Waals surface area contributed by atoms with E-state index >= 15 is 0 Å². The molecule has 3 aromatic rings. The number of benzene rings is 1. The normalized spacial score (nSPS) is 17.6. The topological polar surface area (TPSA) is 186 Å². The highest BCUT2D eigenvalue weighted by Gasteiger charge is 2.45.